The number of rotatable bonds is 8. The molecule has 0 radical (unpaired) electrons. The monoisotopic (exact) mass is 470 g/mol. The van der Waals surface area contributed by atoms with Gasteiger partial charge in [0.25, 0.3) is 0 Å². The predicted molar refractivity (Wildman–Crippen MR) is 112 cm³/mol. The molecule has 2 N–H and O–H groups in total. The molecule has 0 aliphatic carbocycles. The normalized spacial score (nSPS) is 18.7. The standard InChI is InChI=1S/C17H34N4O3.HI/c1-6-24-17(22)20-15(9-13(2)3)10-19-16(18-4)21-8-7-14(11-21)12-23-5;/h13-15H,6-12H2,1-5H3,(H,18,19)(H,20,22);1H. The average Bonchev–Trinajstić information content (AvgIpc) is 2.96. The molecule has 0 saturated carbocycles. The zero-order valence-electron chi connectivity index (χ0n) is 16.2. The van der Waals surface area contributed by atoms with Gasteiger partial charge < -0.3 is 25.0 Å². The van der Waals surface area contributed by atoms with Crippen molar-refractivity contribution >= 4 is 36.0 Å². The SMILES string of the molecule is CCOC(=O)NC(CNC(=NC)N1CCC(COC)C1)CC(C)C.I. The summed E-state index contributed by atoms with van der Waals surface area (Å²) in [4.78, 5) is 18.3. The lowest BCUT2D eigenvalue weighted by molar-refractivity contribution is 0.146. The Morgan fingerprint density at radius 1 is 1.40 bits per heavy atom. The molecule has 0 aromatic rings. The third-order valence-corrected chi connectivity index (χ3v) is 4.06. The summed E-state index contributed by atoms with van der Waals surface area (Å²) in [5, 5.41) is 6.32. The fourth-order valence-corrected chi connectivity index (χ4v) is 3.05. The first-order chi connectivity index (χ1) is 11.5. The highest BCUT2D eigenvalue weighted by Gasteiger charge is 2.25. The van der Waals surface area contributed by atoms with Crippen molar-refractivity contribution in [2.75, 3.05) is 47.0 Å². The molecule has 0 bridgehead atoms. The highest BCUT2D eigenvalue weighted by atomic mass is 127. The van der Waals surface area contributed by atoms with Crippen molar-refractivity contribution < 1.29 is 14.3 Å². The van der Waals surface area contributed by atoms with Gasteiger partial charge in [0, 0.05) is 45.8 Å². The van der Waals surface area contributed by atoms with E-state index in [0.717, 1.165) is 38.5 Å². The van der Waals surface area contributed by atoms with Crippen molar-refractivity contribution in [2.45, 2.75) is 39.7 Å². The highest BCUT2D eigenvalue weighted by Crippen LogP contribution is 2.16. The zero-order chi connectivity index (χ0) is 17.9. The first-order valence-electron chi connectivity index (χ1n) is 8.87. The molecule has 2 unspecified atom stereocenters. The lowest BCUT2D eigenvalue weighted by Gasteiger charge is -2.25. The molecule has 7 nitrogen and oxygen atoms in total. The van der Waals surface area contributed by atoms with Crippen molar-refractivity contribution in [2.24, 2.45) is 16.8 Å². The molecule has 1 heterocycles. The zero-order valence-corrected chi connectivity index (χ0v) is 18.5. The Balaban J connectivity index is 0.00000576. The maximum Gasteiger partial charge on any atom is 0.407 e. The van der Waals surface area contributed by atoms with Crippen molar-refractivity contribution in [3.63, 3.8) is 0 Å². The van der Waals surface area contributed by atoms with Gasteiger partial charge in [-0.3, -0.25) is 4.99 Å². The summed E-state index contributed by atoms with van der Waals surface area (Å²) >= 11 is 0. The minimum Gasteiger partial charge on any atom is -0.450 e. The van der Waals surface area contributed by atoms with Gasteiger partial charge in [-0.15, -0.1) is 24.0 Å². The van der Waals surface area contributed by atoms with E-state index in [-0.39, 0.29) is 36.1 Å². The van der Waals surface area contributed by atoms with Crippen molar-refractivity contribution in [3.8, 4) is 0 Å². The summed E-state index contributed by atoms with van der Waals surface area (Å²) in [6, 6.07) is 0.0122. The van der Waals surface area contributed by atoms with Crippen LogP contribution in [0.25, 0.3) is 0 Å². The number of likely N-dealkylation sites (tertiary alicyclic amines) is 1. The molecule has 1 aliphatic heterocycles. The summed E-state index contributed by atoms with van der Waals surface area (Å²) in [5.74, 6) is 1.92. The number of hydrogen-bond donors (Lipinski definition) is 2. The molecule has 0 spiro atoms. The van der Waals surface area contributed by atoms with Crippen LogP contribution in [0.4, 0.5) is 4.79 Å². The first-order valence-corrected chi connectivity index (χ1v) is 8.87. The Morgan fingerprint density at radius 3 is 2.68 bits per heavy atom. The number of guanidine groups is 1. The Labute approximate surface area is 169 Å². The highest BCUT2D eigenvalue weighted by molar-refractivity contribution is 14.0. The lowest BCUT2D eigenvalue weighted by atomic mass is 10.0. The van der Waals surface area contributed by atoms with Crippen LogP contribution in [0.2, 0.25) is 0 Å². The van der Waals surface area contributed by atoms with Crippen LogP contribution in [0.15, 0.2) is 4.99 Å². The number of carbonyl (C=O) groups excluding carboxylic acids is 1. The Hall–Kier alpha value is -0.770. The van der Waals surface area contributed by atoms with E-state index in [1.165, 1.54) is 0 Å². The maximum absolute atomic E-state index is 11.7. The third kappa shape index (κ3) is 9.48. The topological polar surface area (TPSA) is 75.2 Å². The molecule has 0 aromatic heterocycles. The number of amides is 1. The second kappa shape index (κ2) is 13.4. The van der Waals surface area contributed by atoms with E-state index in [1.54, 1.807) is 21.1 Å². The van der Waals surface area contributed by atoms with Gasteiger partial charge in [0.1, 0.15) is 0 Å². The van der Waals surface area contributed by atoms with Gasteiger partial charge in [-0.25, -0.2) is 4.79 Å². The summed E-state index contributed by atoms with van der Waals surface area (Å²) in [5.41, 5.74) is 0. The van der Waals surface area contributed by atoms with Crippen LogP contribution < -0.4 is 10.6 Å². The van der Waals surface area contributed by atoms with Crippen LogP contribution in [0.5, 0.6) is 0 Å². The van der Waals surface area contributed by atoms with Crippen LogP contribution >= 0.6 is 24.0 Å². The Bertz CT molecular complexity index is 407. The predicted octanol–water partition coefficient (Wildman–Crippen LogP) is 2.31. The van der Waals surface area contributed by atoms with E-state index in [0.29, 0.717) is 25.0 Å². The van der Waals surface area contributed by atoms with E-state index >= 15 is 0 Å². The molecular weight excluding hydrogens is 435 g/mol. The van der Waals surface area contributed by atoms with Crippen LogP contribution in [-0.2, 0) is 9.47 Å². The number of hydrogen-bond acceptors (Lipinski definition) is 4. The fraction of sp³-hybridized carbons (Fsp3) is 0.882. The maximum atomic E-state index is 11.7. The smallest absolute Gasteiger partial charge is 0.407 e. The molecule has 0 aromatic carbocycles. The molecule has 2 atom stereocenters. The molecule has 1 saturated heterocycles. The molecule has 1 aliphatic rings. The summed E-state index contributed by atoms with van der Waals surface area (Å²) in [6.07, 6.45) is 1.64. The van der Waals surface area contributed by atoms with Gasteiger partial charge in [0.05, 0.1) is 13.2 Å². The lowest BCUT2D eigenvalue weighted by Crippen LogP contribution is -2.48. The number of alkyl carbamates (subject to hydrolysis) is 1. The van der Waals surface area contributed by atoms with Gasteiger partial charge in [-0.05, 0) is 25.7 Å². The second-order valence-electron chi connectivity index (χ2n) is 6.68. The number of aliphatic imine (C=N–C) groups is 1. The van der Waals surface area contributed by atoms with Crippen LogP contribution in [0.1, 0.15) is 33.6 Å². The summed E-state index contributed by atoms with van der Waals surface area (Å²) in [7, 11) is 3.54. The number of halogens is 1. The number of methoxy groups -OCH3 is 1. The minimum absolute atomic E-state index is 0. The average molecular weight is 470 g/mol. The van der Waals surface area contributed by atoms with Crippen LogP contribution in [-0.4, -0.2) is 70.0 Å². The molecule has 25 heavy (non-hydrogen) atoms. The molecule has 1 fully saturated rings. The Morgan fingerprint density at radius 2 is 2.12 bits per heavy atom. The molecule has 148 valence electrons. The molecule has 1 rings (SSSR count). The number of ether oxygens (including phenoxy) is 2. The van der Waals surface area contributed by atoms with E-state index < -0.39 is 0 Å². The van der Waals surface area contributed by atoms with Gasteiger partial charge in [-0.1, -0.05) is 13.8 Å². The number of nitrogens with one attached hydrogen (secondary N) is 2. The summed E-state index contributed by atoms with van der Waals surface area (Å²) in [6.45, 7) is 9.82. The Kier molecular flexibility index (Phi) is 13.0. The van der Waals surface area contributed by atoms with Gasteiger partial charge >= 0.3 is 6.09 Å². The third-order valence-electron chi connectivity index (χ3n) is 4.06. The van der Waals surface area contributed by atoms with E-state index in [4.69, 9.17) is 9.47 Å². The van der Waals surface area contributed by atoms with E-state index in [9.17, 15) is 4.79 Å². The minimum atomic E-state index is -0.360. The molecular formula is C17H35IN4O3. The van der Waals surface area contributed by atoms with Crippen molar-refractivity contribution in [1.82, 2.24) is 15.5 Å². The van der Waals surface area contributed by atoms with Gasteiger partial charge in [0.2, 0.25) is 0 Å². The number of nitrogens with zero attached hydrogens (tertiary/aromatic N) is 2. The van der Waals surface area contributed by atoms with Gasteiger partial charge in [0.15, 0.2) is 5.96 Å². The summed E-state index contributed by atoms with van der Waals surface area (Å²) < 4.78 is 10.2. The fourth-order valence-electron chi connectivity index (χ4n) is 3.05. The van der Waals surface area contributed by atoms with E-state index in [2.05, 4.69) is 34.4 Å². The second-order valence-corrected chi connectivity index (χ2v) is 6.68. The quantitative estimate of drug-likeness (QED) is 0.324. The molecule has 8 heteroatoms. The van der Waals surface area contributed by atoms with Crippen molar-refractivity contribution in [1.29, 1.82) is 0 Å². The van der Waals surface area contributed by atoms with Crippen LogP contribution in [0, 0.1) is 11.8 Å². The van der Waals surface area contributed by atoms with E-state index in [1.807, 2.05) is 0 Å². The molecule has 1 amide bonds. The van der Waals surface area contributed by atoms with Gasteiger partial charge in [-0.2, -0.15) is 0 Å². The van der Waals surface area contributed by atoms with Crippen LogP contribution in [0.3, 0.4) is 0 Å². The largest absolute Gasteiger partial charge is 0.450 e. The van der Waals surface area contributed by atoms with Crippen molar-refractivity contribution in [3.05, 3.63) is 0 Å². The number of carbonyl (C=O) groups is 1. The first kappa shape index (κ1) is 24.2.